The number of carbonyl (C=O) groups is 2. The van der Waals surface area contributed by atoms with Crippen molar-refractivity contribution in [3.05, 3.63) is 35.4 Å². The van der Waals surface area contributed by atoms with Crippen molar-refractivity contribution in [1.29, 1.82) is 5.26 Å². The first-order chi connectivity index (χ1) is 10.6. The number of nitriles is 1. The lowest BCUT2D eigenvalue weighted by molar-refractivity contribution is -0.141. The van der Waals surface area contributed by atoms with E-state index in [9.17, 15) is 9.59 Å². The molecule has 0 aliphatic heterocycles. The number of thioether (sulfide) groups is 1. The summed E-state index contributed by atoms with van der Waals surface area (Å²) in [6.45, 7) is 0. The molecule has 1 amide bonds. The summed E-state index contributed by atoms with van der Waals surface area (Å²) in [5.74, 6) is -0.0753. The summed E-state index contributed by atoms with van der Waals surface area (Å²) in [4.78, 5) is 22.7. The molecular weight excluding hydrogens is 300 g/mol. The van der Waals surface area contributed by atoms with E-state index in [0.29, 0.717) is 29.9 Å². The monoisotopic (exact) mass is 318 g/mol. The molecule has 0 aromatic heterocycles. The van der Waals surface area contributed by atoms with Crippen LogP contribution in [0.4, 0.5) is 0 Å². The first-order valence-corrected chi connectivity index (χ1v) is 8.33. The summed E-state index contributed by atoms with van der Waals surface area (Å²) in [6.07, 6.45) is 1.91. The highest BCUT2D eigenvalue weighted by molar-refractivity contribution is 7.99. The number of hydrogen-bond acceptors (Lipinski definition) is 4. The normalized spacial score (nSPS) is 20.3. The van der Waals surface area contributed by atoms with Gasteiger partial charge in [0.2, 0.25) is 5.91 Å². The van der Waals surface area contributed by atoms with Crippen molar-refractivity contribution in [2.75, 3.05) is 5.75 Å². The summed E-state index contributed by atoms with van der Waals surface area (Å²) in [5.41, 5.74) is 1.70. The molecule has 116 valence electrons. The Morgan fingerprint density at radius 3 is 2.64 bits per heavy atom. The average molecular weight is 318 g/mol. The van der Waals surface area contributed by atoms with E-state index >= 15 is 0 Å². The van der Waals surface area contributed by atoms with Crippen molar-refractivity contribution in [3.8, 4) is 6.07 Å². The molecule has 2 N–H and O–H groups in total. The molecule has 1 aliphatic rings. The van der Waals surface area contributed by atoms with Crippen molar-refractivity contribution in [2.24, 2.45) is 5.92 Å². The molecule has 5 nitrogen and oxygen atoms in total. The smallest absolute Gasteiger partial charge is 0.306 e. The maximum Gasteiger partial charge on any atom is 0.306 e. The fraction of sp³-hybridized carbons (Fsp3) is 0.438. The van der Waals surface area contributed by atoms with Crippen LogP contribution in [-0.4, -0.2) is 28.8 Å². The van der Waals surface area contributed by atoms with Gasteiger partial charge < -0.3 is 10.4 Å². The number of amides is 1. The van der Waals surface area contributed by atoms with Crippen LogP contribution in [0.2, 0.25) is 0 Å². The number of aliphatic carboxylic acids is 1. The highest BCUT2D eigenvalue weighted by Crippen LogP contribution is 2.25. The van der Waals surface area contributed by atoms with Crippen LogP contribution in [0, 0.1) is 17.2 Å². The SMILES string of the molecule is N#Cc1ccc(CSCC(=O)N[C@H]2CC[C@@H](C(=O)O)C2)cc1. The standard InChI is InChI=1S/C16H18N2O3S/c17-8-11-1-3-12(4-2-11)9-22-10-15(19)18-14-6-5-13(7-14)16(20)21/h1-4,13-14H,5-7,9-10H2,(H,18,19)(H,20,21)/t13-,14+/m1/s1. The Balaban J connectivity index is 1.67. The molecule has 6 heteroatoms. The molecule has 1 aliphatic carbocycles. The third-order valence-corrected chi connectivity index (χ3v) is 4.74. The van der Waals surface area contributed by atoms with Crippen molar-refractivity contribution in [3.63, 3.8) is 0 Å². The molecule has 0 unspecified atom stereocenters. The van der Waals surface area contributed by atoms with Crippen molar-refractivity contribution in [1.82, 2.24) is 5.32 Å². The predicted octanol–water partition coefficient (Wildman–Crippen LogP) is 2.16. The molecule has 2 rings (SSSR count). The van der Waals surface area contributed by atoms with Gasteiger partial charge in [0.15, 0.2) is 0 Å². The Hall–Kier alpha value is -2.00. The van der Waals surface area contributed by atoms with Crippen LogP contribution in [-0.2, 0) is 15.3 Å². The molecule has 0 spiro atoms. The van der Waals surface area contributed by atoms with Gasteiger partial charge in [-0.15, -0.1) is 11.8 Å². The number of hydrogen-bond donors (Lipinski definition) is 2. The van der Waals surface area contributed by atoms with Crippen LogP contribution in [0.1, 0.15) is 30.4 Å². The topological polar surface area (TPSA) is 90.2 Å². The Morgan fingerprint density at radius 1 is 1.32 bits per heavy atom. The van der Waals surface area contributed by atoms with E-state index in [1.165, 1.54) is 11.8 Å². The Morgan fingerprint density at radius 2 is 2.05 bits per heavy atom. The molecule has 1 aromatic rings. The van der Waals surface area contributed by atoms with Gasteiger partial charge in [-0.1, -0.05) is 12.1 Å². The van der Waals surface area contributed by atoms with Crippen molar-refractivity contribution in [2.45, 2.75) is 31.1 Å². The summed E-state index contributed by atoms with van der Waals surface area (Å²) in [5, 5.41) is 20.6. The van der Waals surface area contributed by atoms with E-state index in [4.69, 9.17) is 10.4 Å². The number of benzene rings is 1. The maximum absolute atomic E-state index is 11.8. The number of nitrogens with one attached hydrogen (secondary N) is 1. The zero-order chi connectivity index (χ0) is 15.9. The summed E-state index contributed by atoms with van der Waals surface area (Å²) in [6, 6.07) is 9.36. The molecule has 1 aromatic carbocycles. The number of carboxylic acids is 1. The van der Waals surface area contributed by atoms with Gasteiger partial charge in [-0.25, -0.2) is 0 Å². The van der Waals surface area contributed by atoms with Gasteiger partial charge in [-0.2, -0.15) is 5.26 Å². The molecule has 2 atom stereocenters. The van der Waals surface area contributed by atoms with Crippen LogP contribution in [0.5, 0.6) is 0 Å². The van der Waals surface area contributed by atoms with E-state index in [1.54, 1.807) is 12.1 Å². The fourth-order valence-corrected chi connectivity index (χ4v) is 3.34. The molecule has 0 radical (unpaired) electrons. The van der Waals surface area contributed by atoms with Gasteiger partial charge in [0.05, 0.1) is 23.3 Å². The molecule has 0 bridgehead atoms. The van der Waals surface area contributed by atoms with E-state index in [2.05, 4.69) is 11.4 Å². The van der Waals surface area contributed by atoms with E-state index in [1.807, 2.05) is 12.1 Å². The van der Waals surface area contributed by atoms with Crippen molar-refractivity contribution >= 4 is 23.6 Å². The van der Waals surface area contributed by atoms with Gasteiger partial charge in [-0.05, 0) is 37.0 Å². The zero-order valence-corrected chi connectivity index (χ0v) is 12.9. The molecule has 22 heavy (non-hydrogen) atoms. The lowest BCUT2D eigenvalue weighted by Crippen LogP contribution is -2.34. The van der Waals surface area contributed by atoms with E-state index in [-0.39, 0.29) is 17.9 Å². The molecule has 1 fully saturated rings. The fourth-order valence-electron chi connectivity index (χ4n) is 2.54. The van der Waals surface area contributed by atoms with E-state index in [0.717, 1.165) is 12.0 Å². The summed E-state index contributed by atoms with van der Waals surface area (Å²) in [7, 11) is 0. The largest absolute Gasteiger partial charge is 0.481 e. The van der Waals surface area contributed by atoms with Crippen LogP contribution in [0.15, 0.2) is 24.3 Å². The lowest BCUT2D eigenvalue weighted by Gasteiger charge is -2.12. The first kappa shape index (κ1) is 16.4. The summed E-state index contributed by atoms with van der Waals surface area (Å²) >= 11 is 1.51. The quantitative estimate of drug-likeness (QED) is 0.839. The van der Waals surface area contributed by atoms with Gasteiger partial charge in [0.1, 0.15) is 0 Å². The minimum atomic E-state index is -0.771. The second-order valence-electron chi connectivity index (χ2n) is 5.41. The molecular formula is C16H18N2O3S. The van der Waals surface area contributed by atoms with Gasteiger partial charge in [0, 0.05) is 11.8 Å². The molecule has 1 saturated carbocycles. The third-order valence-electron chi connectivity index (χ3n) is 3.73. The second kappa shape index (κ2) is 7.85. The minimum Gasteiger partial charge on any atom is -0.481 e. The third kappa shape index (κ3) is 4.78. The predicted molar refractivity (Wildman–Crippen MR) is 84.2 cm³/mol. The highest BCUT2D eigenvalue weighted by atomic mass is 32.2. The summed E-state index contributed by atoms with van der Waals surface area (Å²) < 4.78 is 0. The van der Waals surface area contributed by atoms with E-state index < -0.39 is 5.97 Å². The van der Waals surface area contributed by atoms with Crippen LogP contribution in [0.25, 0.3) is 0 Å². The van der Waals surface area contributed by atoms with Gasteiger partial charge >= 0.3 is 5.97 Å². The number of rotatable bonds is 6. The van der Waals surface area contributed by atoms with Crippen LogP contribution in [0.3, 0.4) is 0 Å². The molecule has 0 heterocycles. The Bertz CT molecular complexity index is 580. The highest BCUT2D eigenvalue weighted by Gasteiger charge is 2.30. The lowest BCUT2D eigenvalue weighted by atomic mass is 10.1. The van der Waals surface area contributed by atoms with Gasteiger partial charge in [-0.3, -0.25) is 9.59 Å². The minimum absolute atomic E-state index is 0.0101. The van der Waals surface area contributed by atoms with Crippen molar-refractivity contribution < 1.29 is 14.7 Å². The zero-order valence-electron chi connectivity index (χ0n) is 12.1. The maximum atomic E-state index is 11.8. The van der Waals surface area contributed by atoms with Crippen LogP contribution >= 0.6 is 11.8 Å². The Labute approximate surface area is 133 Å². The van der Waals surface area contributed by atoms with Gasteiger partial charge in [0.25, 0.3) is 0 Å². The Kier molecular flexibility index (Phi) is 5.84. The average Bonchev–Trinajstić information content (AvgIpc) is 2.96. The second-order valence-corrected chi connectivity index (χ2v) is 6.40. The number of carbonyl (C=O) groups excluding carboxylic acids is 1. The number of carboxylic acid groups (broad SMARTS) is 1. The number of nitrogens with zero attached hydrogens (tertiary/aromatic N) is 1. The molecule has 0 saturated heterocycles. The first-order valence-electron chi connectivity index (χ1n) is 7.17. The van der Waals surface area contributed by atoms with Crippen LogP contribution < -0.4 is 5.32 Å².